The van der Waals surface area contributed by atoms with Gasteiger partial charge in [0.05, 0.1) is 6.10 Å². The molecule has 144 valence electrons. The molecule has 0 heterocycles. The van der Waals surface area contributed by atoms with Crippen LogP contribution < -0.4 is 11.1 Å². The number of carbonyl (C=O) groups is 1. The molecule has 0 aliphatic heterocycles. The lowest BCUT2D eigenvalue weighted by Gasteiger charge is -2.07. The van der Waals surface area contributed by atoms with Gasteiger partial charge in [-0.25, -0.2) is 0 Å². The molecule has 0 rings (SSSR count). The van der Waals surface area contributed by atoms with Gasteiger partial charge >= 0.3 is 0 Å². The van der Waals surface area contributed by atoms with Gasteiger partial charge < -0.3 is 16.2 Å². The van der Waals surface area contributed by atoms with E-state index in [1.807, 2.05) is 14.1 Å². The van der Waals surface area contributed by atoms with E-state index >= 15 is 0 Å². The quantitative estimate of drug-likeness (QED) is 0.306. The lowest BCUT2D eigenvalue weighted by Crippen LogP contribution is -2.09. The van der Waals surface area contributed by atoms with Crippen LogP contribution in [0.5, 0.6) is 0 Å². The minimum absolute atomic E-state index is 0.160. The monoisotopic (exact) mass is 342 g/mol. The highest BCUT2D eigenvalue weighted by atomic mass is 16.3. The number of hydrogen-bond donors (Lipinski definition) is 3. The number of primary amides is 1. The number of carbonyl (C=O) groups excluding carboxylic acids is 1. The second-order valence-electron chi connectivity index (χ2n) is 6.48. The van der Waals surface area contributed by atoms with Gasteiger partial charge in [0.25, 0.3) is 0 Å². The van der Waals surface area contributed by atoms with Crippen LogP contribution in [0.15, 0.2) is 12.2 Å². The molecule has 0 aliphatic rings. The maximum atomic E-state index is 10.6. The van der Waals surface area contributed by atoms with E-state index in [2.05, 4.69) is 24.4 Å². The summed E-state index contributed by atoms with van der Waals surface area (Å²) in [6.07, 6.45) is 18.0. The summed E-state index contributed by atoms with van der Waals surface area (Å²) in [5, 5.41) is 12.6. The summed E-state index contributed by atoms with van der Waals surface area (Å²) in [6.45, 7) is 2.21. The van der Waals surface area contributed by atoms with Crippen molar-refractivity contribution in [1.82, 2.24) is 5.32 Å². The Morgan fingerprint density at radius 3 is 2.21 bits per heavy atom. The summed E-state index contributed by atoms with van der Waals surface area (Å²) >= 11 is 0. The van der Waals surface area contributed by atoms with Gasteiger partial charge in [-0.2, -0.15) is 0 Å². The largest absolute Gasteiger partial charge is 0.393 e. The van der Waals surface area contributed by atoms with E-state index < -0.39 is 0 Å². The van der Waals surface area contributed by atoms with Gasteiger partial charge in [0.1, 0.15) is 0 Å². The average Bonchev–Trinajstić information content (AvgIpc) is 2.54. The molecule has 1 amide bonds. The molecular formula is C20H42N2O2. The van der Waals surface area contributed by atoms with Crippen molar-refractivity contribution in [1.29, 1.82) is 0 Å². The van der Waals surface area contributed by atoms with Crippen LogP contribution in [-0.4, -0.2) is 31.2 Å². The summed E-state index contributed by atoms with van der Waals surface area (Å²) in [6, 6.07) is 0. The van der Waals surface area contributed by atoms with Crippen molar-refractivity contribution in [2.75, 3.05) is 14.1 Å². The number of amides is 1. The lowest BCUT2D eigenvalue weighted by atomic mass is 10.1. The predicted octanol–water partition coefficient (Wildman–Crippen LogP) is 4.32. The lowest BCUT2D eigenvalue weighted by molar-refractivity contribution is -0.118. The molecule has 0 fully saturated rings. The van der Waals surface area contributed by atoms with Crippen LogP contribution in [0.25, 0.3) is 0 Å². The zero-order valence-corrected chi connectivity index (χ0v) is 16.4. The molecule has 0 aromatic heterocycles. The molecule has 0 aromatic carbocycles. The third-order valence-electron chi connectivity index (χ3n) is 3.76. The van der Waals surface area contributed by atoms with E-state index in [1.54, 1.807) is 0 Å². The van der Waals surface area contributed by atoms with Crippen molar-refractivity contribution in [2.24, 2.45) is 5.73 Å². The third kappa shape index (κ3) is 26.0. The number of allylic oxidation sites excluding steroid dienone is 1. The van der Waals surface area contributed by atoms with Gasteiger partial charge in [0.2, 0.25) is 5.91 Å². The van der Waals surface area contributed by atoms with Crippen molar-refractivity contribution < 1.29 is 9.90 Å². The van der Waals surface area contributed by atoms with Crippen LogP contribution in [0.2, 0.25) is 0 Å². The smallest absolute Gasteiger partial charge is 0.217 e. The fourth-order valence-electron chi connectivity index (χ4n) is 2.39. The summed E-state index contributed by atoms with van der Waals surface area (Å²) < 4.78 is 0. The van der Waals surface area contributed by atoms with E-state index in [9.17, 15) is 9.90 Å². The van der Waals surface area contributed by atoms with Crippen molar-refractivity contribution in [3.05, 3.63) is 12.2 Å². The topological polar surface area (TPSA) is 75.3 Å². The molecule has 24 heavy (non-hydrogen) atoms. The van der Waals surface area contributed by atoms with Gasteiger partial charge in [-0.05, 0) is 46.2 Å². The minimum Gasteiger partial charge on any atom is -0.393 e. The molecule has 0 saturated carbocycles. The summed E-state index contributed by atoms with van der Waals surface area (Å²) in [5.74, 6) is -0.189. The number of aliphatic hydroxyl groups excluding tert-OH is 1. The van der Waals surface area contributed by atoms with Crippen LogP contribution >= 0.6 is 0 Å². The van der Waals surface area contributed by atoms with E-state index in [0.717, 1.165) is 38.5 Å². The van der Waals surface area contributed by atoms with Crippen LogP contribution in [0.4, 0.5) is 0 Å². The second kappa shape index (κ2) is 22.1. The molecule has 0 saturated heterocycles. The first kappa shape index (κ1) is 25.4. The molecule has 0 aliphatic carbocycles. The summed E-state index contributed by atoms with van der Waals surface area (Å²) in [7, 11) is 3.75. The first-order valence-electron chi connectivity index (χ1n) is 9.78. The molecule has 4 nitrogen and oxygen atoms in total. The highest BCUT2D eigenvalue weighted by molar-refractivity contribution is 5.73. The highest BCUT2D eigenvalue weighted by Gasteiger charge is 2.00. The minimum atomic E-state index is -0.189. The molecule has 0 bridgehead atoms. The predicted molar refractivity (Wildman–Crippen MR) is 105 cm³/mol. The average molecular weight is 343 g/mol. The van der Waals surface area contributed by atoms with Crippen molar-refractivity contribution in [3.63, 3.8) is 0 Å². The molecule has 1 atom stereocenters. The summed E-state index contributed by atoms with van der Waals surface area (Å²) in [4.78, 5) is 10.6. The van der Waals surface area contributed by atoms with Gasteiger partial charge in [0, 0.05) is 6.42 Å². The van der Waals surface area contributed by atoms with E-state index in [1.165, 1.54) is 38.5 Å². The number of hydrogen-bond acceptors (Lipinski definition) is 3. The van der Waals surface area contributed by atoms with Crippen molar-refractivity contribution in [2.45, 2.75) is 96.5 Å². The SMILES string of the molecule is CCCCCC[C@@H](O)C/C=C\CCCCCCCC(N)=O.CNC. The Morgan fingerprint density at radius 1 is 1.00 bits per heavy atom. The molecule has 4 N–H and O–H groups in total. The second-order valence-corrected chi connectivity index (χ2v) is 6.48. The van der Waals surface area contributed by atoms with Gasteiger partial charge in [0.15, 0.2) is 0 Å². The molecule has 4 heteroatoms. The maximum Gasteiger partial charge on any atom is 0.217 e. The Balaban J connectivity index is 0. The zero-order valence-electron chi connectivity index (χ0n) is 16.4. The first-order chi connectivity index (χ1) is 11.6. The third-order valence-corrected chi connectivity index (χ3v) is 3.76. The maximum absolute atomic E-state index is 10.6. The number of aliphatic hydroxyl groups is 1. The summed E-state index contributed by atoms with van der Waals surface area (Å²) in [5.41, 5.74) is 5.09. The molecule has 0 radical (unpaired) electrons. The van der Waals surface area contributed by atoms with E-state index in [4.69, 9.17) is 5.73 Å². The Hall–Kier alpha value is -0.870. The molecule has 0 unspecified atom stereocenters. The Labute approximate surface area is 150 Å². The van der Waals surface area contributed by atoms with Crippen LogP contribution in [-0.2, 0) is 4.79 Å². The standard InChI is InChI=1S/C18H35NO2.C2H7N/c1-2-3-4-11-14-17(20)15-12-9-7-5-6-8-10-13-16-18(19)21;1-3-2/h9,12,17,20H,2-8,10-11,13-16H2,1H3,(H2,19,21);3H,1-2H3/b12-9-;/t17-;/m1./s1. The first-order valence-corrected chi connectivity index (χ1v) is 9.78. The van der Waals surface area contributed by atoms with Crippen LogP contribution in [0, 0.1) is 0 Å². The number of nitrogens with one attached hydrogen (secondary N) is 1. The van der Waals surface area contributed by atoms with Gasteiger partial charge in [-0.1, -0.05) is 64.0 Å². The molecular weight excluding hydrogens is 300 g/mol. The molecule has 0 aromatic rings. The Morgan fingerprint density at radius 2 is 1.58 bits per heavy atom. The van der Waals surface area contributed by atoms with Crippen LogP contribution in [0.3, 0.4) is 0 Å². The van der Waals surface area contributed by atoms with Gasteiger partial charge in [-0.15, -0.1) is 0 Å². The fourth-order valence-corrected chi connectivity index (χ4v) is 2.39. The zero-order chi connectivity index (χ0) is 18.5. The van der Waals surface area contributed by atoms with Crippen LogP contribution in [0.1, 0.15) is 90.4 Å². The van der Waals surface area contributed by atoms with Crippen molar-refractivity contribution in [3.8, 4) is 0 Å². The fraction of sp³-hybridized carbons (Fsp3) is 0.850. The number of rotatable bonds is 15. The van der Waals surface area contributed by atoms with Gasteiger partial charge in [-0.3, -0.25) is 4.79 Å². The normalized spacial score (nSPS) is 12.0. The molecule has 0 spiro atoms. The Bertz CT molecular complexity index is 281. The number of unbranched alkanes of at least 4 members (excludes halogenated alkanes) is 8. The number of nitrogens with two attached hydrogens (primary N) is 1. The highest BCUT2D eigenvalue weighted by Crippen LogP contribution is 2.10. The Kier molecular flexibility index (Phi) is 23.4. The van der Waals surface area contributed by atoms with Crippen molar-refractivity contribution >= 4 is 5.91 Å². The van der Waals surface area contributed by atoms with E-state index in [0.29, 0.717) is 6.42 Å². The van der Waals surface area contributed by atoms with E-state index in [-0.39, 0.29) is 12.0 Å².